The minimum absolute atomic E-state index is 0.00691. The summed E-state index contributed by atoms with van der Waals surface area (Å²) in [6, 6.07) is 3.22. The molecule has 1 amide bonds. The number of nitrogens with one attached hydrogen (secondary N) is 1. The minimum atomic E-state index is -4.83. The number of nitrogens with zero attached hydrogens (tertiary/aromatic N) is 3. The van der Waals surface area contributed by atoms with Gasteiger partial charge in [-0.15, -0.1) is 0 Å². The van der Waals surface area contributed by atoms with E-state index in [1.54, 1.807) is 6.92 Å². The molecule has 0 spiro atoms. The van der Waals surface area contributed by atoms with E-state index in [1.807, 2.05) is 0 Å². The van der Waals surface area contributed by atoms with Crippen molar-refractivity contribution in [2.75, 3.05) is 13.2 Å². The van der Waals surface area contributed by atoms with Crippen LogP contribution in [0.3, 0.4) is 0 Å². The normalized spacial score (nSPS) is 11.7. The van der Waals surface area contributed by atoms with Gasteiger partial charge in [0.05, 0.1) is 5.56 Å². The Morgan fingerprint density at radius 3 is 2.81 bits per heavy atom. The second kappa shape index (κ2) is 8.41. The molecule has 140 valence electrons. The molecule has 1 N–H and O–H groups in total. The molecule has 0 atom stereocenters. The fraction of sp³-hybridized carbons (Fsp3) is 0.333. The van der Waals surface area contributed by atoms with Crippen molar-refractivity contribution in [2.24, 2.45) is 5.16 Å². The van der Waals surface area contributed by atoms with E-state index < -0.39 is 29.6 Å². The summed E-state index contributed by atoms with van der Waals surface area (Å²) in [6.45, 7) is 2.45. The Morgan fingerprint density at radius 1 is 1.42 bits per heavy atom. The summed E-state index contributed by atoms with van der Waals surface area (Å²) in [4.78, 5) is 19.8. The summed E-state index contributed by atoms with van der Waals surface area (Å²) < 4.78 is 55.5. The lowest BCUT2D eigenvalue weighted by atomic mass is 10.1. The Bertz CT molecular complexity index is 789. The number of alkyl halides is 3. The summed E-state index contributed by atoms with van der Waals surface area (Å²) in [5, 5.41) is 9.23. The van der Waals surface area contributed by atoms with E-state index in [4.69, 9.17) is 4.84 Å². The zero-order chi connectivity index (χ0) is 19.2. The molecule has 0 aliphatic carbocycles. The highest BCUT2D eigenvalue weighted by Crippen LogP contribution is 2.30. The summed E-state index contributed by atoms with van der Waals surface area (Å²) in [7, 11) is 0. The first-order chi connectivity index (χ1) is 12.3. The number of oxime groups is 1. The highest BCUT2D eigenvalue weighted by Gasteiger charge is 2.38. The molecular formula is C15H14F4N4O3. The zero-order valence-electron chi connectivity index (χ0n) is 13.5. The van der Waals surface area contributed by atoms with E-state index in [-0.39, 0.29) is 17.7 Å². The standard InChI is InChI=1S/C15H14F4N4O3/c1-2-25-21-7-3-6-20-13(24)9-4-5-10(11(16)8-9)12-22-14(26-23-12)15(17,18)19/h4-5,7-8H,2-3,6H2,1H3,(H,20,24)/b21-7-. The van der Waals surface area contributed by atoms with E-state index >= 15 is 0 Å². The van der Waals surface area contributed by atoms with Gasteiger partial charge >= 0.3 is 12.1 Å². The minimum Gasteiger partial charge on any atom is -0.396 e. The molecule has 1 aromatic heterocycles. The maximum atomic E-state index is 14.1. The third kappa shape index (κ3) is 5.01. The van der Waals surface area contributed by atoms with Crippen LogP contribution in [0.15, 0.2) is 27.9 Å². The first-order valence-corrected chi connectivity index (χ1v) is 7.45. The zero-order valence-corrected chi connectivity index (χ0v) is 13.5. The average molecular weight is 374 g/mol. The molecule has 0 aliphatic rings. The number of benzene rings is 1. The average Bonchev–Trinajstić information content (AvgIpc) is 3.07. The largest absolute Gasteiger partial charge is 0.471 e. The van der Waals surface area contributed by atoms with Gasteiger partial charge in [0.2, 0.25) is 5.82 Å². The molecular weight excluding hydrogens is 360 g/mol. The molecule has 0 saturated heterocycles. The summed E-state index contributed by atoms with van der Waals surface area (Å²) in [6.07, 6.45) is -2.94. The smallest absolute Gasteiger partial charge is 0.396 e. The number of halogens is 4. The maximum absolute atomic E-state index is 14.1. The van der Waals surface area contributed by atoms with Crippen molar-refractivity contribution in [1.29, 1.82) is 0 Å². The van der Waals surface area contributed by atoms with Crippen molar-refractivity contribution >= 4 is 12.1 Å². The molecule has 2 rings (SSSR count). The van der Waals surface area contributed by atoms with Crippen LogP contribution in [0.2, 0.25) is 0 Å². The molecule has 0 saturated carbocycles. The van der Waals surface area contributed by atoms with Crippen molar-refractivity contribution < 1.29 is 31.7 Å². The number of aromatic nitrogens is 2. The van der Waals surface area contributed by atoms with Crippen LogP contribution in [-0.4, -0.2) is 35.4 Å². The SMILES string of the molecule is CCO/N=C\CCNC(=O)c1ccc(-c2noc(C(F)(F)F)n2)c(F)c1. The van der Waals surface area contributed by atoms with Crippen molar-refractivity contribution in [2.45, 2.75) is 19.5 Å². The molecule has 0 fully saturated rings. The third-order valence-electron chi connectivity index (χ3n) is 2.98. The van der Waals surface area contributed by atoms with Crippen molar-refractivity contribution in [3.63, 3.8) is 0 Å². The van der Waals surface area contributed by atoms with Gasteiger partial charge in [-0.05, 0) is 25.1 Å². The lowest BCUT2D eigenvalue weighted by Crippen LogP contribution is -2.24. The van der Waals surface area contributed by atoms with Crippen LogP contribution >= 0.6 is 0 Å². The van der Waals surface area contributed by atoms with Crippen molar-refractivity contribution in [3.8, 4) is 11.4 Å². The van der Waals surface area contributed by atoms with E-state index in [2.05, 4.69) is 25.1 Å². The van der Waals surface area contributed by atoms with E-state index in [0.717, 1.165) is 12.1 Å². The van der Waals surface area contributed by atoms with Gasteiger partial charge in [0, 0.05) is 24.7 Å². The number of carbonyl (C=O) groups is 1. The van der Waals surface area contributed by atoms with Gasteiger partial charge in [0.15, 0.2) is 0 Å². The second-order valence-electron chi connectivity index (χ2n) is 4.87. The Balaban J connectivity index is 2.02. The fourth-order valence-electron chi connectivity index (χ4n) is 1.82. The molecule has 0 aliphatic heterocycles. The van der Waals surface area contributed by atoms with Gasteiger partial charge in [-0.1, -0.05) is 10.3 Å². The Kier molecular flexibility index (Phi) is 6.26. The summed E-state index contributed by atoms with van der Waals surface area (Å²) >= 11 is 0. The number of hydrogen-bond acceptors (Lipinski definition) is 6. The lowest BCUT2D eigenvalue weighted by molar-refractivity contribution is -0.159. The number of rotatable bonds is 7. The lowest BCUT2D eigenvalue weighted by Gasteiger charge is -2.05. The van der Waals surface area contributed by atoms with Gasteiger partial charge in [-0.3, -0.25) is 4.79 Å². The number of amides is 1. The van der Waals surface area contributed by atoms with Gasteiger partial charge in [0.1, 0.15) is 12.4 Å². The van der Waals surface area contributed by atoms with Crippen LogP contribution in [-0.2, 0) is 11.0 Å². The summed E-state index contributed by atoms with van der Waals surface area (Å²) in [5.74, 6) is -3.65. The second-order valence-corrected chi connectivity index (χ2v) is 4.87. The van der Waals surface area contributed by atoms with E-state index in [0.29, 0.717) is 13.0 Å². The molecule has 1 aromatic carbocycles. The van der Waals surface area contributed by atoms with Crippen molar-refractivity contribution in [1.82, 2.24) is 15.5 Å². The van der Waals surface area contributed by atoms with E-state index in [1.165, 1.54) is 12.3 Å². The molecule has 2 aromatic rings. The van der Waals surface area contributed by atoms with Crippen LogP contribution in [0.4, 0.5) is 17.6 Å². The Morgan fingerprint density at radius 2 is 2.19 bits per heavy atom. The number of hydrogen-bond donors (Lipinski definition) is 1. The Labute approximate surface area is 145 Å². The van der Waals surface area contributed by atoms with Crippen LogP contribution in [0.1, 0.15) is 29.6 Å². The van der Waals surface area contributed by atoms with Crippen LogP contribution in [0.25, 0.3) is 11.4 Å². The molecule has 26 heavy (non-hydrogen) atoms. The highest BCUT2D eigenvalue weighted by atomic mass is 19.4. The van der Waals surface area contributed by atoms with E-state index in [9.17, 15) is 22.4 Å². The summed E-state index contributed by atoms with van der Waals surface area (Å²) in [5.41, 5.74) is -0.322. The van der Waals surface area contributed by atoms with Gasteiger partial charge in [0.25, 0.3) is 5.91 Å². The first-order valence-electron chi connectivity index (χ1n) is 7.45. The van der Waals surface area contributed by atoms with Gasteiger partial charge in [-0.25, -0.2) is 4.39 Å². The topological polar surface area (TPSA) is 89.6 Å². The monoisotopic (exact) mass is 374 g/mol. The van der Waals surface area contributed by atoms with Crippen LogP contribution in [0, 0.1) is 5.82 Å². The van der Waals surface area contributed by atoms with Crippen LogP contribution < -0.4 is 5.32 Å². The third-order valence-corrected chi connectivity index (χ3v) is 2.98. The molecule has 7 nitrogen and oxygen atoms in total. The molecule has 11 heteroatoms. The van der Waals surface area contributed by atoms with Crippen LogP contribution in [0.5, 0.6) is 0 Å². The van der Waals surface area contributed by atoms with Gasteiger partial charge < -0.3 is 14.7 Å². The molecule has 1 heterocycles. The quantitative estimate of drug-likeness (QED) is 0.348. The Hall–Kier alpha value is -2.98. The number of carbonyl (C=O) groups excluding carboxylic acids is 1. The van der Waals surface area contributed by atoms with Gasteiger partial charge in [-0.2, -0.15) is 18.2 Å². The van der Waals surface area contributed by atoms with Crippen molar-refractivity contribution in [3.05, 3.63) is 35.5 Å². The highest BCUT2D eigenvalue weighted by molar-refractivity contribution is 5.94. The molecule has 0 radical (unpaired) electrons. The first kappa shape index (κ1) is 19.3. The fourth-order valence-corrected chi connectivity index (χ4v) is 1.82. The molecule has 0 unspecified atom stereocenters. The predicted molar refractivity (Wildman–Crippen MR) is 81.8 cm³/mol. The predicted octanol–water partition coefficient (Wildman–Crippen LogP) is 3.04. The maximum Gasteiger partial charge on any atom is 0.471 e. The molecule has 0 bridgehead atoms.